The highest BCUT2D eigenvalue weighted by molar-refractivity contribution is 8.02. The van der Waals surface area contributed by atoms with Gasteiger partial charge in [0.1, 0.15) is 0 Å². The second-order valence-corrected chi connectivity index (χ2v) is 6.58. The van der Waals surface area contributed by atoms with Crippen molar-refractivity contribution in [2.45, 2.75) is 51.4 Å². The summed E-state index contributed by atoms with van der Waals surface area (Å²) in [7, 11) is 0. The summed E-state index contributed by atoms with van der Waals surface area (Å²) < 4.78 is 0. The molecular weight excluding hydrogens is 200 g/mol. The van der Waals surface area contributed by atoms with Crippen LogP contribution >= 0.6 is 11.8 Å². The lowest BCUT2D eigenvalue weighted by atomic mass is 9.66. The SMILES string of the molecule is C1=CC(C2CCCC2)(C2CCCC2)CS1. The summed E-state index contributed by atoms with van der Waals surface area (Å²) in [5, 5.41) is 2.40. The van der Waals surface area contributed by atoms with E-state index in [4.69, 9.17) is 0 Å². The third-order valence-electron chi connectivity index (χ3n) is 5.04. The van der Waals surface area contributed by atoms with Crippen LogP contribution in [0.1, 0.15) is 51.4 Å². The molecule has 0 nitrogen and oxygen atoms in total. The van der Waals surface area contributed by atoms with Crippen LogP contribution in [0.4, 0.5) is 0 Å². The average molecular weight is 222 g/mol. The molecule has 15 heavy (non-hydrogen) atoms. The van der Waals surface area contributed by atoms with Gasteiger partial charge in [0.25, 0.3) is 0 Å². The van der Waals surface area contributed by atoms with Gasteiger partial charge in [0.2, 0.25) is 0 Å². The quantitative estimate of drug-likeness (QED) is 0.657. The normalized spacial score (nSPS) is 31.7. The molecule has 1 heteroatoms. The van der Waals surface area contributed by atoms with Crippen LogP contribution in [0.15, 0.2) is 11.5 Å². The second kappa shape index (κ2) is 4.16. The molecule has 0 bridgehead atoms. The standard InChI is InChI=1S/C14H22S/c1-2-6-12(5-1)14(9-10-15-11-14)13-7-3-4-8-13/h9-10,12-13H,1-8,11H2. The van der Waals surface area contributed by atoms with E-state index in [-0.39, 0.29) is 0 Å². The van der Waals surface area contributed by atoms with Gasteiger partial charge in [-0.25, -0.2) is 0 Å². The largest absolute Gasteiger partial charge is 0.134 e. The minimum atomic E-state index is 0.637. The summed E-state index contributed by atoms with van der Waals surface area (Å²) in [5.41, 5.74) is 0.637. The molecule has 0 aromatic heterocycles. The molecule has 0 radical (unpaired) electrons. The van der Waals surface area contributed by atoms with Gasteiger partial charge in [0, 0.05) is 11.2 Å². The zero-order valence-electron chi connectivity index (χ0n) is 9.58. The summed E-state index contributed by atoms with van der Waals surface area (Å²) in [5.74, 6) is 3.47. The average Bonchev–Trinajstić information content (AvgIpc) is 3.02. The van der Waals surface area contributed by atoms with Crippen molar-refractivity contribution >= 4 is 11.8 Å². The highest BCUT2D eigenvalue weighted by atomic mass is 32.2. The summed E-state index contributed by atoms with van der Waals surface area (Å²) in [6, 6.07) is 0. The number of allylic oxidation sites excluding steroid dienone is 1. The van der Waals surface area contributed by atoms with Crippen molar-refractivity contribution in [1.29, 1.82) is 0 Å². The Morgan fingerprint density at radius 3 is 1.80 bits per heavy atom. The minimum Gasteiger partial charge on any atom is -0.134 e. The van der Waals surface area contributed by atoms with Gasteiger partial charge < -0.3 is 0 Å². The number of thioether (sulfide) groups is 1. The van der Waals surface area contributed by atoms with Crippen LogP contribution < -0.4 is 0 Å². The van der Waals surface area contributed by atoms with Crippen LogP contribution in [0.5, 0.6) is 0 Å². The Labute approximate surface area is 97.9 Å². The fraction of sp³-hybridized carbons (Fsp3) is 0.857. The lowest BCUT2D eigenvalue weighted by Crippen LogP contribution is -2.35. The Kier molecular flexibility index (Phi) is 2.84. The molecule has 2 saturated carbocycles. The Hall–Kier alpha value is 0.0900. The molecule has 84 valence electrons. The van der Waals surface area contributed by atoms with E-state index in [0.717, 1.165) is 11.8 Å². The maximum atomic E-state index is 2.61. The molecule has 0 saturated heterocycles. The highest BCUT2D eigenvalue weighted by Gasteiger charge is 2.46. The number of hydrogen-bond donors (Lipinski definition) is 0. The fourth-order valence-electron chi connectivity index (χ4n) is 4.18. The molecule has 2 aliphatic carbocycles. The van der Waals surface area contributed by atoms with Crippen LogP contribution in [-0.4, -0.2) is 5.75 Å². The van der Waals surface area contributed by atoms with Crippen molar-refractivity contribution in [2.24, 2.45) is 17.3 Å². The number of hydrogen-bond acceptors (Lipinski definition) is 1. The third kappa shape index (κ3) is 1.67. The first-order valence-corrected chi connectivity index (χ1v) is 7.76. The second-order valence-electron chi connectivity index (χ2n) is 5.69. The van der Waals surface area contributed by atoms with E-state index in [9.17, 15) is 0 Å². The smallest absolute Gasteiger partial charge is 0.00710 e. The monoisotopic (exact) mass is 222 g/mol. The van der Waals surface area contributed by atoms with Crippen LogP contribution in [0.2, 0.25) is 0 Å². The Morgan fingerprint density at radius 2 is 1.40 bits per heavy atom. The van der Waals surface area contributed by atoms with Crippen LogP contribution in [0.25, 0.3) is 0 Å². The molecule has 0 N–H and O–H groups in total. The van der Waals surface area contributed by atoms with Gasteiger partial charge in [-0.15, -0.1) is 11.8 Å². The van der Waals surface area contributed by atoms with Crippen LogP contribution in [-0.2, 0) is 0 Å². The van der Waals surface area contributed by atoms with Gasteiger partial charge in [-0.2, -0.15) is 0 Å². The molecule has 0 unspecified atom stereocenters. The van der Waals surface area contributed by atoms with Crippen molar-refractivity contribution < 1.29 is 0 Å². The van der Waals surface area contributed by atoms with E-state index in [1.165, 1.54) is 57.1 Å². The molecule has 1 aliphatic heterocycles. The topological polar surface area (TPSA) is 0 Å². The first-order chi connectivity index (χ1) is 7.42. The van der Waals surface area contributed by atoms with E-state index >= 15 is 0 Å². The fourth-order valence-corrected chi connectivity index (χ4v) is 5.49. The van der Waals surface area contributed by atoms with Gasteiger partial charge in [-0.05, 0) is 42.9 Å². The number of rotatable bonds is 2. The molecule has 2 fully saturated rings. The minimum absolute atomic E-state index is 0.637. The maximum absolute atomic E-state index is 2.61. The van der Waals surface area contributed by atoms with Gasteiger partial charge in [-0.1, -0.05) is 31.8 Å². The van der Waals surface area contributed by atoms with E-state index in [0.29, 0.717) is 5.41 Å². The van der Waals surface area contributed by atoms with Crippen molar-refractivity contribution in [3.63, 3.8) is 0 Å². The predicted molar refractivity (Wildman–Crippen MR) is 67.9 cm³/mol. The first kappa shape index (κ1) is 10.3. The Bertz CT molecular complexity index is 228. The summed E-state index contributed by atoms with van der Waals surface area (Å²) in [4.78, 5) is 0. The summed E-state index contributed by atoms with van der Waals surface area (Å²) in [6.07, 6.45) is 14.7. The van der Waals surface area contributed by atoms with Gasteiger partial charge in [0.15, 0.2) is 0 Å². The van der Waals surface area contributed by atoms with Gasteiger partial charge >= 0.3 is 0 Å². The molecular formula is C14H22S. The van der Waals surface area contributed by atoms with E-state index < -0.39 is 0 Å². The third-order valence-corrected chi connectivity index (χ3v) is 6.03. The highest BCUT2D eigenvalue weighted by Crippen LogP contribution is 2.55. The zero-order valence-corrected chi connectivity index (χ0v) is 10.4. The molecule has 3 rings (SSSR count). The molecule has 0 spiro atoms. The zero-order chi connectivity index (χ0) is 10.1. The van der Waals surface area contributed by atoms with Crippen molar-refractivity contribution in [1.82, 2.24) is 0 Å². The Balaban J connectivity index is 1.83. The van der Waals surface area contributed by atoms with E-state index in [1.807, 2.05) is 0 Å². The molecule has 0 atom stereocenters. The van der Waals surface area contributed by atoms with Gasteiger partial charge in [0.05, 0.1) is 0 Å². The molecule has 0 aromatic carbocycles. The summed E-state index contributed by atoms with van der Waals surface area (Å²) in [6.45, 7) is 0. The van der Waals surface area contributed by atoms with Crippen molar-refractivity contribution in [3.8, 4) is 0 Å². The first-order valence-electron chi connectivity index (χ1n) is 6.71. The van der Waals surface area contributed by atoms with Crippen molar-refractivity contribution in [3.05, 3.63) is 11.5 Å². The van der Waals surface area contributed by atoms with Crippen molar-refractivity contribution in [2.75, 3.05) is 5.75 Å². The molecule has 0 amide bonds. The lowest BCUT2D eigenvalue weighted by Gasteiger charge is -2.39. The van der Waals surface area contributed by atoms with Gasteiger partial charge in [-0.3, -0.25) is 0 Å². The Morgan fingerprint density at radius 1 is 0.867 bits per heavy atom. The maximum Gasteiger partial charge on any atom is 0.00710 e. The van der Waals surface area contributed by atoms with Crippen LogP contribution in [0.3, 0.4) is 0 Å². The van der Waals surface area contributed by atoms with Crippen LogP contribution in [0, 0.1) is 17.3 Å². The molecule has 1 heterocycles. The predicted octanol–water partition coefficient (Wildman–Crippen LogP) is 4.61. The molecule has 3 aliphatic rings. The van der Waals surface area contributed by atoms with E-state index in [2.05, 4.69) is 23.2 Å². The van der Waals surface area contributed by atoms with E-state index in [1.54, 1.807) is 0 Å². The summed E-state index contributed by atoms with van der Waals surface area (Å²) >= 11 is 2.07. The molecule has 0 aromatic rings. The lowest BCUT2D eigenvalue weighted by molar-refractivity contribution is 0.166.